The fraction of sp³-hybridized carbons (Fsp3) is 0.429. The molecule has 3 aromatic carbocycles. The first-order chi connectivity index (χ1) is 34.0. The number of carbonyl (C=O) groups excluding carboxylic acids is 7. The lowest BCUT2D eigenvalue weighted by atomic mass is 10.00. The molecule has 0 unspecified atom stereocenters. The van der Waals surface area contributed by atoms with Crippen LogP contribution in [0.2, 0.25) is 0 Å². The van der Waals surface area contributed by atoms with Gasteiger partial charge in [-0.15, -0.1) is 0 Å². The summed E-state index contributed by atoms with van der Waals surface area (Å²) in [6.07, 6.45) is 4.02. The van der Waals surface area contributed by atoms with Crippen molar-refractivity contribution in [3.63, 3.8) is 0 Å². The number of aliphatic imine (C=N–C) groups is 1. The highest BCUT2D eigenvalue weighted by atomic mass is 16.3. The van der Waals surface area contributed by atoms with Crippen LogP contribution in [-0.2, 0) is 52.8 Å². The molecule has 6 atom stereocenters. The van der Waals surface area contributed by atoms with Crippen LogP contribution in [0.4, 0.5) is 0 Å². The maximum atomic E-state index is 14.6. The van der Waals surface area contributed by atoms with E-state index in [0.29, 0.717) is 48.9 Å². The average molecular weight is 984 g/mol. The molecule has 0 saturated heterocycles. The lowest BCUT2D eigenvalue weighted by Gasteiger charge is -2.28. The van der Waals surface area contributed by atoms with Crippen molar-refractivity contribution >= 4 is 58.2 Å². The Bertz CT molecular complexity index is 2420. The van der Waals surface area contributed by atoms with E-state index in [0.717, 1.165) is 10.9 Å². The van der Waals surface area contributed by atoms with E-state index in [9.17, 15) is 43.8 Å². The zero-order valence-corrected chi connectivity index (χ0v) is 40.0. The van der Waals surface area contributed by atoms with E-state index in [2.05, 4.69) is 41.9 Å². The number of hydrogen-bond donors (Lipinski definition) is 14. The topological polar surface area (TPSA) is 390 Å². The number of unbranched alkanes of at least 4 members (excludes halogenated alkanes) is 2. The van der Waals surface area contributed by atoms with Crippen molar-refractivity contribution in [2.45, 2.75) is 114 Å². The number of guanidine groups is 1. The van der Waals surface area contributed by atoms with Crippen LogP contribution in [0, 0.1) is 0 Å². The molecule has 22 nitrogen and oxygen atoms in total. The second-order valence-corrected chi connectivity index (χ2v) is 17.3. The average Bonchev–Trinajstić information content (AvgIpc) is 3.74. The SMILES string of the molecule is CC(=O)N[C@@H](CCCN=C(N)N)C(=O)N[C@@H](Cc1ccc(O)cc1)C(=O)N[C@@H](Cc1ccc(O)cc1)C(=O)N[C@@H](CCCCN)C(=O)N[C@@H](Cc1c[nH]c2ccccc12)C(=O)N[C@@H](CCCCN)C(N)=O. The van der Waals surface area contributed by atoms with E-state index in [-0.39, 0.29) is 75.5 Å². The molecule has 71 heavy (non-hydrogen) atoms. The summed E-state index contributed by atoms with van der Waals surface area (Å²) in [4.78, 5) is 103. The summed E-state index contributed by atoms with van der Waals surface area (Å²) in [6, 6.07) is 11.7. The standard InChI is InChI=1S/C49H69N13O9/c1-29(63)57-38(13-8-24-55-49(53)54)44(67)60-41(26-31-16-20-34(65)21-17-31)47(70)61-40(25-30-14-18-33(64)19-15-30)46(69)59-39(12-5-7-23-51)45(68)62-42(27-32-28-56-36-10-3-2-9-35(32)36)48(71)58-37(43(52)66)11-4-6-22-50/h2-3,9-10,14-21,28,37-42,56,64-65H,4-8,11-13,22-27,50-51H2,1H3,(H2,52,66)(H,57,63)(H,58,71)(H,59,69)(H,60,67)(H,61,70)(H,62,68)(H4,53,54,55)/t37-,38-,39-,40-,41-,42-/m0/s1. The third kappa shape index (κ3) is 19.0. The predicted molar refractivity (Wildman–Crippen MR) is 268 cm³/mol. The number of fused-ring (bicyclic) bond motifs is 1. The van der Waals surface area contributed by atoms with Gasteiger partial charge >= 0.3 is 0 Å². The second-order valence-electron chi connectivity index (χ2n) is 17.3. The van der Waals surface area contributed by atoms with Crippen LogP contribution in [0.25, 0.3) is 10.9 Å². The van der Waals surface area contributed by atoms with E-state index >= 15 is 0 Å². The Morgan fingerprint density at radius 2 is 0.958 bits per heavy atom. The first-order valence-corrected chi connectivity index (χ1v) is 23.6. The van der Waals surface area contributed by atoms with Crippen molar-refractivity contribution in [1.29, 1.82) is 0 Å². The predicted octanol–water partition coefficient (Wildman–Crippen LogP) is -0.667. The number of amides is 7. The Morgan fingerprint density at radius 3 is 1.44 bits per heavy atom. The first kappa shape index (κ1) is 55.9. The third-order valence-electron chi connectivity index (χ3n) is 11.6. The summed E-state index contributed by atoms with van der Waals surface area (Å²) in [7, 11) is 0. The molecule has 0 radical (unpaired) electrons. The number of aromatic hydroxyl groups is 2. The van der Waals surface area contributed by atoms with Crippen LogP contribution in [0.3, 0.4) is 0 Å². The Morgan fingerprint density at radius 1 is 0.535 bits per heavy atom. The molecule has 4 aromatic rings. The van der Waals surface area contributed by atoms with Gasteiger partial charge in [-0.1, -0.05) is 42.5 Å². The number of aromatic amines is 1. The number of phenols is 2. The lowest BCUT2D eigenvalue weighted by molar-refractivity contribution is -0.135. The number of nitrogens with zero attached hydrogens (tertiary/aromatic N) is 1. The van der Waals surface area contributed by atoms with Gasteiger partial charge in [-0.05, 0) is 111 Å². The highest BCUT2D eigenvalue weighted by molar-refractivity contribution is 5.97. The number of hydrogen-bond acceptors (Lipinski definition) is 12. The van der Waals surface area contributed by atoms with Crippen LogP contribution in [0.1, 0.15) is 75.0 Å². The molecule has 22 heteroatoms. The smallest absolute Gasteiger partial charge is 0.243 e. The molecule has 0 aliphatic rings. The Kier molecular flexibility index (Phi) is 22.6. The van der Waals surface area contributed by atoms with Gasteiger partial charge in [0, 0.05) is 49.8 Å². The number of primary amides is 1. The maximum absolute atomic E-state index is 14.6. The molecule has 7 amide bonds. The fourth-order valence-corrected chi connectivity index (χ4v) is 7.80. The van der Waals surface area contributed by atoms with Crippen molar-refractivity contribution in [2.24, 2.45) is 33.7 Å². The van der Waals surface area contributed by atoms with Crippen LogP contribution < -0.4 is 60.6 Å². The fourth-order valence-electron chi connectivity index (χ4n) is 7.80. The zero-order valence-electron chi connectivity index (χ0n) is 40.0. The van der Waals surface area contributed by atoms with Crippen molar-refractivity contribution in [3.8, 4) is 11.5 Å². The van der Waals surface area contributed by atoms with Crippen LogP contribution in [-0.4, -0.2) is 118 Å². The third-order valence-corrected chi connectivity index (χ3v) is 11.6. The summed E-state index contributed by atoms with van der Waals surface area (Å²) in [6.45, 7) is 2.04. The molecule has 19 N–H and O–H groups in total. The van der Waals surface area contributed by atoms with Crippen molar-refractivity contribution in [2.75, 3.05) is 19.6 Å². The van der Waals surface area contributed by atoms with E-state index in [4.69, 9.17) is 28.7 Å². The molecule has 0 spiro atoms. The molecule has 0 bridgehead atoms. The highest BCUT2D eigenvalue weighted by Crippen LogP contribution is 2.20. The number of carbonyl (C=O) groups is 7. The Labute approximate surface area is 412 Å². The summed E-state index contributed by atoms with van der Waals surface area (Å²) in [5.41, 5.74) is 30.6. The van der Waals surface area contributed by atoms with Crippen LogP contribution >= 0.6 is 0 Å². The van der Waals surface area contributed by atoms with E-state index in [1.807, 2.05) is 24.3 Å². The molecule has 4 rings (SSSR count). The van der Waals surface area contributed by atoms with Gasteiger partial charge in [0.1, 0.15) is 47.8 Å². The molecule has 1 aromatic heterocycles. The van der Waals surface area contributed by atoms with Gasteiger partial charge < -0.3 is 75.8 Å². The largest absolute Gasteiger partial charge is 0.508 e. The minimum atomic E-state index is -1.41. The first-order valence-electron chi connectivity index (χ1n) is 23.6. The number of para-hydroxylation sites is 1. The lowest BCUT2D eigenvalue weighted by Crippen LogP contribution is -2.60. The van der Waals surface area contributed by atoms with Crippen LogP contribution in [0.5, 0.6) is 11.5 Å². The molecule has 0 saturated carbocycles. The number of H-pyrrole nitrogens is 1. The zero-order chi connectivity index (χ0) is 51.9. The maximum Gasteiger partial charge on any atom is 0.243 e. The number of rotatable bonds is 30. The summed E-state index contributed by atoms with van der Waals surface area (Å²) >= 11 is 0. The molecular weight excluding hydrogens is 915 g/mol. The minimum absolute atomic E-state index is 0.0218. The summed E-state index contributed by atoms with van der Waals surface area (Å²) in [5, 5.41) is 37.1. The van der Waals surface area contributed by atoms with Crippen LogP contribution in [0.15, 0.2) is 84.0 Å². The van der Waals surface area contributed by atoms with E-state index < -0.39 is 77.6 Å². The van der Waals surface area contributed by atoms with E-state index in [1.54, 1.807) is 30.5 Å². The minimum Gasteiger partial charge on any atom is -0.508 e. The summed E-state index contributed by atoms with van der Waals surface area (Å²) in [5.74, 6) is -5.31. The van der Waals surface area contributed by atoms with Gasteiger partial charge in [-0.25, -0.2) is 0 Å². The molecule has 384 valence electrons. The Balaban J connectivity index is 1.67. The molecule has 1 heterocycles. The van der Waals surface area contributed by atoms with Crippen molar-refractivity contribution in [1.82, 2.24) is 36.9 Å². The van der Waals surface area contributed by atoms with Crippen molar-refractivity contribution < 1.29 is 43.8 Å². The van der Waals surface area contributed by atoms with Gasteiger partial charge in [0.25, 0.3) is 0 Å². The van der Waals surface area contributed by atoms with Gasteiger partial charge in [0.15, 0.2) is 5.96 Å². The quantitative estimate of drug-likeness (QED) is 0.0175. The summed E-state index contributed by atoms with van der Waals surface area (Å²) < 4.78 is 0. The van der Waals surface area contributed by atoms with Gasteiger partial charge in [0.05, 0.1) is 0 Å². The second kappa shape index (κ2) is 28.7. The number of nitrogens with one attached hydrogen (secondary N) is 7. The number of nitrogens with two attached hydrogens (primary N) is 5. The van der Waals surface area contributed by atoms with Gasteiger partial charge in [-0.2, -0.15) is 0 Å². The monoisotopic (exact) mass is 984 g/mol. The highest BCUT2D eigenvalue weighted by Gasteiger charge is 2.34. The van der Waals surface area contributed by atoms with Crippen molar-refractivity contribution in [3.05, 3.63) is 95.7 Å². The van der Waals surface area contributed by atoms with E-state index in [1.165, 1.54) is 31.2 Å². The Hall–Kier alpha value is -7.72. The normalized spacial score (nSPS) is 13.6. The number of aromatic nitrogens is 1. The number of benzene rings is 3. The molecule has 0 aliphatic heterocycles. The molecule has 0 aliphatic carbocycles. The van der Waals surface area contributed by atoms with Gasteiger partial charge in [0.2, 0.25) is 41.4 Å². The molecule has 0 fully saturated rings. The van der Waals surface area contributed by atoms with Gasteiger partial charge in [-0.3, -0.25) is 38.6 Å². The molecular formula is C49H69N13O9. The number of phenolic OH excluding ortho intramolecular Hbond substituents is 2.